The van der Waals surface area contributed by atoms with Gasteiger partial charge < -0.3 is 14.2 Å². The van der Waals surface area contributed by atoms with Crippen molar-refractivity contribution < 1.29 is 19.0 Å². The summed E-state index contributed by atoms with van der Waals surface area (Å²) >= 11 is 6.23. The number of unbranched alkanes of at least 4 members (excludes halogenated alkanes) is 1. The number of halogens is 1. The molecule has 0 bridgehead atoms. The van der Waals surface area contributed by atoms with Crippen LogP contribution in [0.25, 0.3) is 6.08 Å². The number of rotatable bonds is 4. The smallest absolute Gasteiger partial charge is 0.413 e. The number of carbonyl (C=O) groups excluding carboxylic acids is 1. The average molecular weight is 482 g/mol. The van der Waals surface area contributed by atoms with Gasteiger partial charge in [-0.2, -0.15) is 0 Å². The number of ether oxygens (including phenoxy) is 3. The molecule has 0 N–H and O–H groups in total. The Hall–Kier alpha value is -2.66. The van der Waals surface area contributed by atoms with Crippen LogP contribution in [-0.4, -0.2) is 23.1 Å². The highest BCUT2D eigenvalue weighted by Crippen LogP contribution is 2.59. The van der Waals surface area contributed by atoms with Crippen LogP contribution in [0.3, 0.4) is 0 Å². The zero-order valence-electron chi connectivity index (χ0n) is 20.3. The number of allylic oxidation sites excluding steroid dienone is 1. The molecular weight excluding hydrogens is 450 g/mol. The molecule has 0 spiro atoms. The highest BCUT2D eigenvalue weighted by Gasteiger charge is 2.62. The molecule has 34 heavy (non-hydrogen) atoms. The molecule has 180 valence electrons. The molecule has 3 aliphatic rings. The molecule has 0 aromatic heterocycles. The Balaban J connectivity index is 1.64. The maximum absolute atomic E-state index is 13.5. The molecule has 0 radical (unpaired) electrons. The predicted octanol–water partition coefficient (Wildman–Crippen LogP) is 7.44. The molecule has 3 aliphatic heterocycles. The van der Waals surface area contributed by atoms with E-state index in [1.165, 1.54) is 0 Å². The van der Waals surface area contributed by atoms with Gasteiger partial charge in [-0.1, -0.05) is 49.2 Å². The van der Waals surface area contributed by atoms with Gasteiger partial charge in [0.15, 0.2) is 0 Å². The Morgan fingerprint density at radius 2 is 1.97 bits per heavy atom. The van der Waals surface area contributed by atoms with E-state index in [-0.39, 0.29) is 18.1 Å². The van der Waals surface area contributed by atoms with E-state index in [0.717, 1.165) is 53.9 Å². The van der Waals surface area contributed by atoms with E-state index in [4.69, 9.17) is 25.8 Å². The Morgan fingerprint density at radius 1 is 1.21 bits per heavy atom. The van der Waals surface area contributed by atoms with Crippen molar-refractivity contribution in [2.45, 2.75) is 70.8 Å². The first-order valence-electron chi connectivity index (χ1n) is 12.2. The third kappa shape index (κ3) is 3.84. The number of fused-ring (bicyclic) bond motifs is 2. The number of carbonyl (C=O) groups is 1. The number of hydrogen-bond acceptors (Lipinski definition) is 4. The van der Waals surface area contributed by atoms with Crippen molar-refractivity contribution in [3.05, 3.63) is 69.9 Å². The summed E-state index contributed by atoms with van der Waals surface area (Å²) < 4.78 is 19.4. The maximum atomic E-state index is 13.5. The first kappa shape index (κ1) is 23.1. The largest absolute Gasteiger partial charge is 0.489 e. The summed E-state index contributed by atoms with van der Waals surface area (Å²) in [6.07, 6.45) is 5.36. The van der Waals surface area contributed by atoms with Crippen LogP contribution in [0.5, 0.6) is 5.75 Å². The molecule has 0 unspecified atom stereocenters. The van der Waals surface area contributed by atoms with Crippen molar-refractivity contribution in [2.75, 3.05) is 6.54 Å². The molecule has 1 fully saturated rings. The van der Waals surface area contributed by atoms with E-state index in [9.17, 15) is 4.79 Å². The van der Waals surface area contributed by atoms with Gasteiger partial charge in [0, 0.05) is 29.1 Å². The molecule has 2 aromatic carbocycles. The SMILES string of the molecule is CCCCC1=Cc2cccc3c2[C@@H](O1)[C@H]1CCN(C(=O)OC(C)(C)C)[C@@]1(c1ccc(Cl)cc1)O3. The fourth-order valence-corrected chi connectivity index (χ4v) is 5.55. The van der Waals surface area contributed by atoms with Gasteiger partial charge in [0.05, 0.1) is 11.7 Å². The molecule has 1 amide bonds. The number of nitrogens with zero attached hydrogens (tertiary/aromatic N) is 1. The molecule has 3 heterocycles. The second-order valence-corrected chi connectivity index (χ2v) is 10.8. The molecule has 5 nitrogen and oxygen atoms in total. The summed E-state index contributed by atoms with van der Waals surface area (Å²) in [7, 11) is 0. The topological polar surface area (TPSA) is 48.0 Å². The zero-order valence-corrected chi connectivity index (χ0v) is 21.0. The van der Waals surface area contributed by atoms with E-state index in [1.54, 1.807) is 4.90 Å². The Kier molecular flexibility index (Phi) is 5.79. The summed E-state index contributed by atoms with van der Waals surface area (Å²) in [5.41, 5.74) is 1.42. The van der Waals surface area contributed by atoms with Gasteiger partial charge in [-0.3, -0.25) is 4.90 Å². The number of hydrogen-bond donors (Lipinski definition) is 0. The molecular formula is C28H32ClNO4. The van der Waals surface area contributed by atoms with Crippen LogP contribution >= 0.6 is 11.6 Å². The van der Waals surface area contributed by atoms with Gasteiger partial charge in [-0.05, 0) is 63.5 Å². The van der Waals surface area contributed by atoms with Gasteiger partial charge in [0.1, 0.15) is 17.5 Å². The number of benzene rings is 2. The van der Waals surface area contributed by atoms with Crippen LogP contribution in [0.1, 0.15) is 76.2 Å². The Bertz CT molecular complexity index is 1120. The minimum absolute atomic E-state index is 0.0971. The van der Waals surface area contributed by atoms with E-state index in [0.29, 0.717) is 11.6 Å². The molecule has 1 saturated heterocycles. The Labute approximate surface area is 206 Å². The lowest BCUT2D eigenvalue weighted by molar-refractivity contribution is -0.142. The molecule has 2 aromatic rings. The van der Waals surface area contributed by atoms with Crippen molar-refractivity contribution in [3.8, 4) is 5.75 Å². The van der Waals surface area contributed by atoms with Crippen molar-refractivity contribution in [1.82, 2.24) is 4.90 Å². The third-order valence-corrected chi connectivity index (χ3v) is 7.08. The average Bonchev–Trinajstić information content (AvgIpc) is 3.18. The molecule has 5 rings (SSSR count). The van der Waals surface area contributed by atoms with Crippen LogP contribution < -0.4 is 4.74 Å². The van der Waals surface area contributed by atoms with Gasteiger partial charge in [-0.25, -0.2) is 4.79 Å². The number of likely N-dealkylation sites (tertiary alicyclic amines) is 1. The fourth-order valence-electron chi connectivity index (χ4n) is 5.42. The Morgan fingerprint density at radius 3 is 2.68 bits per heavy atom. The quantitative estimate of drug-likeness (QED) is 0.455. The van der Waals surface area contributed by atoms with Crippen LogP contribution in [0.2, 0.25) is 5.02 Å². The molecule has 6 heteroatoms. The highest BCUT2D eigenvalue weighted by molar-refractivity contribution is 6.30. The van der Waals surface area contributed by atoms with Gasteiger partial charge in [0.25, 0.3) is 0 Å². The summed E-state index contributed by atoms with van der Waals surface area (Å²) in [4.78, 5) is 15.2. The second-order valence-electron chi connectivity index (χ2n) is 10.3. The minimum atomic E-state index is -1.05. The van der Waals surface area contributed by atoms with Crippen molar-refractivity contribution in [2.24, 2.45) is 5.92 Å². The lowest BCUT2D eigenvalue weighted by atomic mass is 9.77. The first-order chi connectivity index (χ1) is 16.2. The number of amides is 1. The maximum Gasteiger partial charge on any atom is 0.413 e. The van der Waals surface area contributed by atoms with E-state index >= 15 is 0 Å². The second kappa shape index (κ2) is 8.53. The lowest BCUT2D eigenvalue weighted by Gasteiger charge is -2.49. The van der Waals surface area contributed by atoms with E-state index in [1.807, 2.05) is 57.2 Å². The lowest BCUT2D eigenvalue weighted by Crippen LogP contribution is -2.56. The summed E-state index contributed by atoms with van der Waals surface area (Å²) in [5.74, 6) is 1.65. The van der Waals surface area contributed by atoms with Crippen molar-refractivity contribution in [1.29, 1.82) is 0 Å². The van der Waals surface area contributed by atoms with Crippen LogP contribution in [0.15, 0.2) is 48.2 Å². The van der Waals surface area contributed by atoms with Gasteiger partial charge >= 0.3 is 6.09 Å². The highest BCUT2D eigenvalue weighted by atomic mass is 35.5. The summed E-state index contributed by atoms with van der Waals surface area (Å²) in [5, 5.41) is 0.635. The van der Waals surface area contributed by atoms with E-state index in [2.05, 4.69) is 19.1 Å². The third-order valence-electron chi connectivity index (χ3n) is 6.83. The standard InChI is InChI=1S/C28H32ClNO4/c1-5-6-9-21-17-18-8-7-10-23-24(18)25(32-21)22-15-16-30(26(31)34-27(2,3)4)28(22,33-23)19-11-13-20(29)14-12-19/h7-8,10-14,17,22,25H,5-6,9,15-16H2,1-4H3/t22-,25+,28+/m1/s1. The minimum Gasteiger partial charge on any atom is -0.489 e. The normalized spacial score (nSPS) is 25.0. The monoisotopic (exact) mass is 481 g/mol. The van der Waals surface area contributed by atoms with Crippen LogP contribution in [0, 0.1) is 5.92 Å². The molecule has 0 saturated carbocycles. The van der Waals surface area contributed by atoms with Gasteiger partial charge in [-0.15, -0.1) is 0 Å². The fraction of sp³-hybridized carbons (Fsp3) is 0.464. The summed E-state index contributed by atoms with van der Waals surface area (Å²) in [6, 6.07) is 13.7. The van der Waals surface area contributed by atoms with E-state index < -0.39 is 11.3 Å². The molecule has 3 atom stereocenters. The van der Waals surface area contributed by atoms with Crippen molar-refractivity contribution >= 4 is 23.8 Å². The van der Waals surface area contributed by atoms with Crippen molar-refractivity contribution in [3.63, 3.8) is 0 Å². The predicted molar refractivity (Wildman–Crippen MR) is 133 cm³/mol. The van der Waals surface area contributed by atoms with Crippen LogP contribution in [-0.2, 0) is 15.2 Å². The zero-order chi connectivity index (χ0) is 24.1. The molecule has 0 aliphatic carbocycles. The van der Waals surface area contributed by atoms with Crippen LogP contribution in [0.4, 0.5) is 4.79 Å². The summed E-state index contributed by atoms with van der Waals surface area (Å²) in [6.45, 7) is 8.34. The van der Waals surface area contributed by atoms with Gasteiger partial charge in [0.2, 0.25) is 5.72 Å². The first-order valence-corrected chi connectivity index (χ1v) is 12.6.